The molecule has 142 valence electrons. The number of carbonyl (C=O) groups excluding carboxylic acids is 2. The predicted molar refractivity (Wildman–Crippen MR) is 99.6 cm³/mol. The minimum Gasteiger partial charge on any atom is -0.496 e. The fraction of sp³-hybridized carbons (Fsp3) is 0.176. The molecule has 27 heavy (non-hydrogen) atoms. The second-order valence-corrected chi connectivity index (χ2v) is 6.09. The molecule has 2 aromatic rings. The molecule has 0 radical (unpaired) electrons. The van der Waals surface area contributed by atoms with Crippen LogP contribution in [0.4, 0.5) is 11.4 Å². The van der Waals surface area contributed by atoms with Gasteiger partial charge in [-0.15, -0.1) is 0 Å². The lowest BCUT2D eigenvalue weighted by Gasteiger charge is -2.16. The normalized spacial score (nSPS) is 11.4. The number of benzene rings is 2. The molecule has 8 nitrogen and oxygen atoms in total. The molecule has 0 spiro atoms. The minimum atomic E-state index is -1.23. The van der Waals surface area contributed by atoms with Crippen molar-refractivity contribution in [2.75, 3.05) is 12.4 Å². The Bertz CT molecular complexity index is 883. The number of nitrogens with zero attached hydrogens (tertiary/aromatic N) is 1. The zero-order chi connectivity index (χ0) is 20.1. The van der Waals surface area contributed by atoms with Crippen molar-refractivity contribution >= 4 is 46.5 Å². The summed E-state index contributed by atoms with van der Waals surface area (Å²) < 4.78 is 10.1. The maximum atomic E-state index is 12.3. The van der Waals surface area contributed by atoms with Crippen LogP contribution in [-0.2, 0) is 9.53 Å². The van der Waals surface area contributed by atoms with Crippen molar-refractivity contribution in [1.82, 2.24) is 0 Å². The number of anilines is 1. The van der Waals surface area contributed by atoms with Crippen LogP contribution in [0.3, 0.4) is 0 Å². The summed E-state index contributed by atoms with van der Waals surface area (Å²) in [6, 6.07) is 8.14. The molecule has 2 rings (SSSR count). The van der Waals surface area contributed by atoms with Crippen molar-refractivity contribution in [2.24, 2.45) is 0 Å². The van der Waals surface area contributed by atoms with Gasteiger partial charge in [0.25, 0.3) is 11.6 Å². The molecule has 0 fully saturated rings. The average molecular weight is 413 g/mol. The van der Waals surface area contributed by atoms with Gasteiger partial charge < -0.3 is 14.8 Å². The largest absolute Gasteiger partial charge is 0.496 e. The van der Waals surface area contributed by atoms with Crippen molar-refractivity contribution in [3.63, 3.8) is 0 Å². The second-order valence-electron chi connectivity index (χ2n) is 5.28. The van der Waals surface area contributed by atoms with E-state index in [-0.39, 0.29) is 32.7 Å². The summed E-state index contributed by atoms with van der Waals surface area (Å²) in [6.45, 7) is 1.34. The van der Waals surface area contributed by atoms with E-state index in [0.717, 1.165) is 6.07 Å². The molecule has 1 amide bonds. The number of hydrogen-bond acceptors (Lipinski definition) is 6. The number of para-hydroxylation sites is 1. The lowest BCUT2D eigenvalue weighted by atomic mass is 10.1. The molecule has 0 saturated carbocycles. The van der Waals surface area contributed by atoms with E-state index in [2.05, 4.69) is 5.32 Å². The maximum Gasteiger partial charge on any atom is 0.342 e. The fourth-order valence-corrected chi connectivity index (χ4v) is 2.58. The molecule has 1 N–H and O–H groups in total. The van der Waals surface area contributed by atoms with Crippen molar-refractivity contribution in [3.8, 4) is 5.75 Å². The quantitative estimate of drug-likeness (QED) is 0.434. The van der Waals surface area contributed by atoms with E-state index in [9.17, 15) is 19.7 Å². The van der Waals surface area contributed by atoms with Gasteiger partial charge in [0.1, 0.15) is 11.3 Å². The summed E-state index contributed by atoms with van der Waals surface area (Å²) in [6.07, 6.45) is -1.23. The zero-order valence-corrected chi connectivity index (χ0v) is 15.7. The molecule has 1 atom stereocenters. The van der Waals surface area contributed by atoms with Crippen LogP contribution in [0.1, 0.15) is 17.3 Å². The van der Waals surface area contributed by atoms with Crippen LogP contribution in [0.2, 0.25) is 10.0 Å². The number of non-ortho nitro benzene ring substituents is 1. The van der Waals surface area contributed by atoms with Gasteiger partial charge in [0.15, 0.2) is 6.10 Å². The van der Waals surface area contributed by atoms with Crippen LogP contribution in [0.5, 0.6) is 5.75 Å². The molecule has 0 unspecified atom stereocenters. The molecule has 2 aromatic carbocycles. The second kappa shape index (κ2) is 8.70. The number of nitrogens with one attached hydrogen (secondary N) is 1. The molecule has 0 aromatic heterocycles. The number of nitro benzene ring substituents is 1. The summed E-state index contributed by atoms with van der Waals surface area (Å²) in [5, 5.41) is 13.8. The van der Waals surface area contributed by atoms with Gasteiger partial charge in [0.05, 0.1) is 27.8 Å². The topological polar surface area (TPSA) is 108 Å². The van der Waals surface area contributed by atoms with Crippen LogP contribution in [0.15, 0.2) is 36.4 Å². The SMILES string of the molecule is COc1ccc([N+](=O)[O-])cc1C(=O)O[C@H](C)C(=O)Nc1c(Cl)cccc1Cl. The number of rotatable bonds is 6. The molecular weight excluding hydrogens is 399 g/mol. The highest BCUT2D eigenvalue weighted by Crippen LogP contribution is 2.30. The lowest BCUT2D eigenvalue weighted by Crippen LogP contribution is -2.30. The summed E-state index contributed by atoms with van der Waals surface area (Å²) in [5.41, 5.74) is -0.313. The predicted octanol–water partition coefficient (Wildman–Crippen LogP) is 4.09. The van der Waals surface area contributed by atoms with E-state index in [0.29, 0.717) is 0 Å². The first-order valence-electron chi connectivity index (χ1n) is 7.53. The molecule has 10 heteroatoms. The van der Waals surface area contributed by atoms with E-state index >= 15 is 0 Å². The van der Waals surface area contributed by atoms with Gasteiger partial charge in [0.2, 0.25) is 0 Å². The summed E-state index contributed by atoms with van der Waals surface area (Å²) in [5.74, 6) is -1.56. The van der Waals surface area contributed by atoms with Crippen molar-refractivity contribution < 1.29 is 24.0 Å². The van der Waals surface area contributed by atoms with E-state index in [1.807, 2.05) is 0 Å². The molecule has 0 bridgehead atoms. The Morgan fingerprint density at radius 3 is 2.37 bits per heavy atom. The number of amides is 1. The first-order chi connectivity index (χ1) is 12.7. The molecule has 0 aliphatic carbocycles. The Labute approximate surface area is 164 Å². The Morgan fingerprint density at radius 2 is 1.81 bits per heavy atom. The number of nitro groups is 1. The molecule has 0 saturated heterocycles. The number of methoxy groups -OCH3 is 1. The van der Waals surface area contributed by atoms with Crippen LogP contribution in [0.25, 0.3) is 0 Å². The fourth-order valence-electron chi connectivity index (χ4n) is 2.09. The summed E-state index contributed by atoms with van der Waals surface area (Å²) in [7, 11) is 1.30. The molecule has 0 heterocycles. The van der Waals surface area contributed by atoms with Gasteiger partial charge in [-0.1, -0.05) is 29.3 Å². The van der Waals surface area contributed by atoms with Gasteiger partial charge >= 0.3 is 5.97 Å². The van der Waals surface area contributed by atoms with Gasteiger partial charge in [0, 0.05) is 12.1 Å². The van der Waals surface area contributed by atoms with E-state index in [1.165, 1.54) is 38.3 Å². The standard InChI is InChI=1S/C17H14Cl2N2O6/c1-9(16(22)20-15-12(18)4-3-5-13(15)19)27-17(23)11-8-10(21(24)25)6-7-14(11)26-2/h3-9H,1-2H3,(H,20,22)/t9-/m1/s1. The molecular formula is C17H14Cl2N2O6. The van der Waals surface area contributed by atoms with Crippen molar-refractivity contribution in [3.05, 3.63) is 62.1 Å². The monoisotopic (exact) mass is 412 g/mol. The van der Waals surface area contributed by atoms with E-state index in [1.54, 1.807) is 6.07 Å². The third-order valence-corrected chi connectivity index (χ3v) is 4.11. The third-order valence-electron chi connectivity index (χ3n) is 3.48. The van der Waals surface area contributed by atoms with Gasteiger partial charge in [-0.3, -0.25) is 14.9 Å². The highest BCUT2D eigenvalue weighted by Gasteiger charge is 2.24. The van der Waals surface area contributed by atoms with Crippen LogP contribution >= 0.6 is 23.2 Å². The average Bonchev–Trinajstić information content (AvgIpc) is 2.63. The van der Waals surface area contributed by atoms with E-state index < -0.39 is 22.9 Å². The van der Waals surface area contributed by atoms with Crippen molar-refractivity contribution in [2.45, 2.75) is 13.0 Å². The van der Waals surface area contributed by atoms with Gasteiger partial charge in [-0.25, -0.2) is 4.79 Å². The maximum absolute atomic E-state index is 12.3. The molecule has 0 aliphatic rings. The van der Waals surface area contributed by atoms with Crippen LogP contribution in [0, 0.1) is 10.1 Å². The Morgan fingerprint density at radius 1 is 1.19 bits per heavy atom. The van der Waals surface area contributed by atoms with Gasteiger partial charge in [-0.2, -0.15) is 0 Å². The van der Waals surface area contributed by atoms with Crippen LogP contribution < -0.4 is 10.1 Å². The minimum absolute atomic E-state index is 0.0763. The Balaban J connectivity index is 2.16. The number of esters is 1. The smallest absolute Gasteiger partial charge is 0.342 e. The van der Waals surface area contributed by atoms with Crippen LogP contribution in [-0.4, -0.2) is 30.0 Å². The third kappa shape index (κ3) is 4.87. The highest BCUT2D eigenvalue weighted by atomic mass is 35.5. The zero-order valence-electron chi connectivity index (χ0n) is 14.2. The first-order valence-corrected chi connectivity index (χ1v) is 8.28. The first kappa shape index (κ1) is 20.5. The van der Waals surface area contributed by atoms with Gasteiger partial charge in [-0.05, 0) is 25.1 Å². The number of halogens is 2. The Kier molecular flexibility index (Phi) is 6.59. The lowest BCUT2D eigenvalue weighted by molar-refractivity contribution is -0.384. The number of carbonyl (C=O) groups is 2. The Hall–Kier alpha value is -2.84. The number of ether oxygens (including phenoxy) is 2. The number of hydrogen-bond donors (Lipinski definition) is 1. The molecule has 0 aliphatic heterocycles. The summed E-state index contributed by atoms with van der Waals surface area (Å²) in [4.78, 5) is 34.8. The highest BCUT2D eigenvalue weighted by molar-refractivity contribution is 6.39. The van der Waals surface area contributed by atoms with Crippen molar-refractivity contribution in [1.29, 1.82) is 0 Å². The van der Waals surface area contributed by atoms with E-state index in [4.69, 9.17) is 32.7 Å². The summed E-state index contributed by atoms with van der Waals surface area (Å²) >= 11 is 12.0.